The van der Waals surface area contributed by atoms with Crippen LogP contribution in [0.5, 0.6) is 0 Å². The number of nitrogens with one attached hydrogen (secondary N) is 1. The topological polar surface area (TPSA) is 107 Å². The molecule has 2 fully saturated rings. The monoisotopic (exact) mass is 331 g/mol. The van der Waals surface area contributed by atoms with Crippen LogP contribution >= 0.6 is 0 Å². The van der Waals surface area contributed by atoms with Gasteiger partial charge in [-0.05, 0) is 12.1 Å². The van der Waals surface area contributed by atoms with Crippen molar-refractivity contribution >= 4 is 5.91 Å². The number of nitrogens with zero attached hydrogens (tertiary/aromatic N) is 2. The highest BCUT2D eigenvalue weighted by atomic mass is 16.6. The van der Waals surface area contributed by atoms with Crippen molar-refractivity contribution in [2.75, 3.05) is 13.2 Å². The Kier molecular flexibility index (Phi) is 3.79. The number of amides is 1. The van der Waals surface area contributed by atoms with Crippen LogP contribution in [0.15, 0.2) is 28.8 Å². The van der Waals surface area contributed by atoms with E-state index in [-0.39, 0.29) is 30.8 Å². The minimum absolute atomic E-state index is 0.231. The van der Waals surface area contributed by atoms with Gasteiger partial charge in [0.2, 0.25) is 11.7 Å². The van der Waals surface area contributed by atoms with Crippen LogP contribution in [-0.2, 0) is 9.47 Å². The Labute approximate surface area is 137 Å². The number of ether oxygens (including phenoxy) is 2. The molecule has 2 N–H and O–H groups in total. The molecule has 1 amide bonds. The fourth-order valence-electron chi connectivity index (χ4n) is 3.07. The van der Waals surface area contributed by atoms with E-state index in [2.05, 4.69) is 15.5 Å². The number of fused-ring (bicyclic) bond motifs is 1. The second kappa shape index (κ2) is 5.97. The molecule has 1 aromatic carbocycles. The lowest BCUT2D eigenvalue weighted by atomic mass is 10.1. The summed E-state index contributed by atoms with van der Waals surface area (Å²) in [5, 5.41) is 16.5. The van der Waals surface area contributed by atoms with E-state index < -0.39 is 6.10 Å². The van der Waals surface area contributed by atoms with Crippen molar-refractivity contribution < 1.29 is 23.9 Å². The largest absolute Gasteiger partial charge is 0.388 e. The molecule has 0 bridgehead atoms. The molecule has 1 aromatic heterocycles. The van der Waals surface area contributed by atoms with Crippen molar-refractivity contribution in [1.29, 1.82) is 0 Å². The molecule has 2 aliphatic heterocycles. The van der Waals surface area contributed by atoms with Crippen molar-refractivity contribution in [2.24, 2.45) is 0 Å². The normalized spacial score (nSPS) is 28.8. The molecule has 4 rings (SSSR count). The highest BCUT2D eigenvalue weighted by molar-refractivity contribution is 5.95. The molecule has 126 valence electrons. The third-order valence-corrected chi connectivity index (χ3v) is 4.25. The lowest BCUT2D eigenvalue weighted by Crippen LogP contribution is -2.44. The molecule has 2 aliphatic rings. The molecule has 0 saturated carbocycles. The highest BCUT2D eigenvalue weighted by Crippen LogP contribution is 2.27. The lowest BCUT2D eigenvalue weighted by Gasteiger charge is -2.17. The van der Waals surface area contributed by atoms with Gasteiger partial charge in [-0.25, -0.2) is 0 Å². The maximum absolute atomic E-state index is 12.5. The van der Waals surface area contributed by atoms with E-state index in [0.29, 0.717) is 29.4 Å². The van der Waals surface area contributed by atoms with Crippen molar-refractivity contribution in [3.8, 4) is 11.4 Å². The summed E-state index contributed by atoms with van der Waals surface area (Å²) in [7, 11) is 0. The lowest BCUT2D eigenvalue weighted by molar-refractivity contribution is 0.0178. The van der Waals surface area contributed by atoms with Gasteiger partial charge in [-0.15, -0.1) is 0 Å². The smallest absolute Gasteiger partial charge is 0.251 e. The number of carbonyl (C=O) groups is 1. The van der Waals surface area contributed by atoms with E-state index in [1.807, 2.05) is 6.07 Å². The highest BCUT2D eigenvalue weighted by Gasteiger charge is 2.47. The molecule has 0 spiro atoms. The molecule has 8 nitrogen and oxygen atoms in total. The van der Waals surface area contributed by atoms with Gasteiger partial charge in [-0.1, -0.05) is 17.3 Å². The Balaban J connectivity index is 1.49. The van der Waals surface area contributed by atoms with Gasteiger partial charge in [-0.2, -0.15) is 4.98 Å². The SMILES string of the molecule is Cc1nc(-c2cccc(C(=O)N[C@H]3CO[C@H]4[C@@H]3OC[C@H]4O)c2)no1. The number of benzene rings is 1. The van der Waals surface area contributed by atoms with Crippen LogP contribution in [-0.4, -0.2) is 58.7 Å². The zero-order valence-corrected chi connectivity index (χ0v) is 13.0. The number of rotatable bonds is 3. The van der Waals surface area contributed by atoms with Crippen molar-refractivity contribution in [1.82, 2.24) is 15.5 Å². The van der Waals surface area contributed by atoms with E-state index in [1.54, 1.807) is 25.1 Å². The van der Waals surface area contributed by atoms with Crippen LogP contribution in [0.25, 0.3) is 11.4 Å². The number of aryl methyl sites for hydroxylation is 1. The number of aromatic nitrogens is 2. The summed E-state index contributed by atoms with van der Waals surface area (Å²) in [5.74, 6) is 0.663. The fraction of sp³-hybridized carbons (Fsp3) is 0.438. The average molecular weight is 331 g/mol. The van der Waals surface area contributed by atoms with Crippen LogP contribution in [0.1, 0.15) is 16.2 Å². The number of aliphatic hydroxyl groups excluding tert-OH is 1. The predicted octanol–water partition coefficient (Wildman–Crippen LogP) is 0.302. The van der Waals surface area contributed by atoms with Crippen LogP contribution < -0.4 is 5.32 Å². The van der Waals surface area contributed by atoms with Crippen LogP contribution in [0.2, 0.25) is 0 Å². The number of hydrogen-bond acceptors (Lipinski definition) is 7. The molecule has 4 atom stereocenters. The quantitative estimate of drug-likeness (QED) is 0.833. The van der Waals surface area contributed by atoms with E-state index in [0.717, 1.165) is 0 Å². The third-order valence-electron chi connectivity index (χ3n) is 4.25. The van der Waals surface area contributed by atoms with E-state index in [4.69, 9.17) is 14.0 Å². The summed E-state index contributed by atoms with van der Waals surface area (Å²) < 4.78 is 16.0. The summed E-state index contributed by atoms with van der Waals surface area (Å²) in [4.78, 5) is 16.7. The molecule has 2 aromatic rings. The Morgan fingerprint density at radius 2 is 2.12 bits per heavy atom. The number of carbonyl (C=O) groups excluding carboxylic acids is 1. The minimum atomic E-state index is -0.637. The number of hydrogen-bond donors (Lipinski definition) is 2. The first-order chi connectivity index (χ1) is 11.6. The van der Waals surface area contributed by atoms with Crippen LogP contribution in [0, 0.1) is 6.92 Å². The zero-order chi connectivity index (χ0) is 16.7. The molecule has 3 heterocycles. The Morgan fingerprint density at radius 3 is 2.92 bits per heavy atom. The Hall–Kier alpha value is -2.29. The molecule has 0 aliphatic carbocycles. The first-order valence-corrected chi connectivity index (χ1v) is 7.75. The predicted molar refractivity (Wildman–Crippen MR) is 81.2 cm³/mol. The van der Waals surface area contributed by atoms with E-state index in [1.165, 1.54) is 0 Å². The summed E-state index contributed by atoms with van der Waals surface area (Å²) in [6.07, 6.45) is -1.32. The Bertz CT molecular complexity index is 762. The first-order valence-electron chi connectivity index (χ1n) is 7.75. The molecule has 2 saturated heterocycles. The second-order valence-corrected chi connectivity index (χ2v) is 5.96. The zero-order valence-electron chi connectivity index (χ0n) is 13.0. The maximum Gasteiger partial charge on any atom is 0.251 e. The van der Waals surface area contributed by atoms with Gasteiger partial charge in [-0.3, -0.25) is 4.79 Å². The third kappa shape index (κ3) is 2.68. The molecular formula is C16H17N3O5. The van der Waals surface area contributed by atoms with Gasteiger partial charge in [0.1, 0.15) is 18.3 Å². The molecular weight excluding hydrogens is 314 g/mol. The van der Waals surface area contributed by atoms with Crippen molar-refractivity contribution in [3.05, 3.63) is 35.7 Å². The first kappa shape index (κ1) is 15.3. The van der Waals surface area contributed by atoms with Crippen LogP contribution in [0.3, 0.4) is 0 Å². The van der Waals surface area contributed by atoms with Gasteiger partial charge < -0.3 is 24.4 Å². The summed E-state index contributed by atoms with van der Waals surface area (Å²) in [5.41, 5.74) is 1.18. The molecule has 0 unspecified atom stereocenters. The van der Waals surface area contributed by atoms with Gasteiger partial charge in [0.25, 0.3) is 5.91 Å². The van der Waals surface area contributed by atoms with Crippen molar-refractivity contribution in [2.45, 2.75) is 31.3 Å². The van der Waals surface area contributed by atoms with Gasteiger partial charge in [0.05, 0.1) is 19.3 Å². The second-order valence-electron chi connectivity index (χ2n) is 5.96. The maximum atomic E-state index is 12.5. The number of aliphatic hydroxyl groups is 1. The van der Waals surface area contributed by atoms with Gasteiger partial charge in [0, 0.05) is 18.1 Å². The van der Waals surface area contributed by atoms with Gasteiger partial charge >= 0.3 is 0 Å². The molecule has 24 heavy (non-hydrogen) atoms. The minimum Gasteiger partial charge on any atom is -0.388 e. The standard InChI is InChI=1S/C16H17N3O5/c1-8-17-15(19-24-8)9-3-2-4-10(5-9)16(21)18-11-6-22-14-12(20)7-23-13(11)14/h2-5,11-14,20H,6-7H2,1H3,(H,18,21)/t11-,12+,13+,14+/m0/s1. The average Bonchev–Trinajstić information content (AvgIpc) is 3.27. The van der Waals surface area contributed by atoms with Crippen molar-refractivity contribution in [3.63, 3.8) is 0 Å². The molecule has 8 heteroatoms. The molecule has 0 radical (unpaired) electrons. The van der Waals surface area contributed by atoms with Gasteiger partial charge in [0.15, 0.2) is 0 Å². The summed E-state index contributed by atoms with van der Waals surface area (Å²) >= 11 is 0. The van der Waals surface area contributed by atoms with E-state index >= 15 is 0 Å². The fourth-order valence-corrected chi connectivity index (χ4v) is 3.07. The van der Waals surface area contributed by atoms with Crippen LogP contribution in [0.4, 0.5) is 0 Å². The Morgan fingerprint density at radius 1 is 1.29 bits per heavy atom. The van der Waals surface area contributed by atoms with E-state index in [9.17, 15) is 9.90 Å². The summed E-state index contributed by atoms with van der Waals surface area (Å²) in [6, 6.07) is 6.71. The summed E-state index contributed by atoms with van der Waals surface area (Å²) in [6.45, 7) is 2.26.